The number of aliphatic imine (C=N–C) groups is 1. The van der Waals surface area contributed by atoms with Gasteiger partial charge in [0.15, 0.2) is 17.5 Å². The average Bonchev–Trinajstić information content (AvgIpc) is 3.05. The molecular formula is C19H30N4O4. The Hall–Kier alpha value is -2.64. The molecule has 0 aliphatic carbocycles. The molecule has 0 saturated heterocycles. The maximum absolute atomic E-state index is 11.6. The maximum atomic E-state index is 11.6. The van der Waals surface area contributed by atoms with Crippen molar-refractivity contribution in [1.82, 2.24) is 16.0 Å². The zero-order chi connectivity index (χ0) is 19.7. The average molecular weight is 378 g/mol. The highest BCUT2D eigenvalue weighted by Gasteiger charge is 2.15. The van der Waals surface area contributed by atoms with Crippen molar-refractivity contribution >= 4 is 12.1 Å². The second kappa shape index (κ2) is 9.89. The van der Waals surface area contributed by atoms with Crippen LogP contribution in [-0.4, -0.2) is 50.6 Å². The van der Waals surface area contributed by atoms with Gasteiger partial charge in [-0.15, -0.1) is 0 Å². The van der Waals surface area contributed by atoms with Crippen LogP contribution >= 0.6 is 0 Å². The van der Waals surface area contributed by atoms with Gasteiger partial charge in [-0.3, -0.25) is 4.99 Å². The molecule has 0 atom stereocenters. The summed E-state index contributed by atoms with van der Waals surface area (Å²) >= 11 is 0. The first-order valence-corrected chi connectivity index (χ1v) is 9.25. The Balaban J connectivity index is 1.73. The van der Waals surface area contributed by atoms with E-state index >= 15 is 0 Å². The summed E-state index contributed by atoms with van der Waals surface area (Å²) in [5.74, 6) is 2.29. The van der Waals surface area contributed by atoms with Crippen molar-refractivity contribution in [1.29, 1.82) is 0 Å². The number of carbonyl (C=O) groups excluding carboxylic acids is 1. The number of benzene rings is 1. The third kappa shape index (κ3) is 7.64. The number of nitrogens with one attached hydrogen (secondary N) is 3. The van der Waals surface area contributed by atoms with Crippen molar-refractivity contribution in [3.8, 4) is 11.5 Å². The fourth-order valence-electron chi connectivity index (χ4n) is 2.39. The lowest BCUT2D eigenvalue weighted by atomic mass is 10.1. The van der Waals surface area contributed by atoms with Gasteiger partial charge < -0.3 is 30.2 Å². The highest BCUT2D eigenvalue weighted by Crippen LogP contribution is 2.32. The van der Waals surface area contributed by atoms with Crippen LogP contribution in [0.25, 0.3) is 0 Å². The smallest absolute Gasteiger partial charge is 0.407 e. The number of rotatable bonds is 7. The van der Waals surface area contributed by atoms with Crippen LogP contribution in [0.4, 0.5) is 4.79 Å². The number of carbonyl (C=O) groups is 1. The predicted octanol–water partition coefficient (Wildman–Crippen LogP) is 2.04. The molecule has 0 radical (unpaired) electrons. The van der Waals surface area contributed by atoms with Crippen molar-refractivity contribution in [2.24, 2.45) is 4.99 Å². The van der Waals surface area contributed by atoms with E-state index in [1.54, 1.807) is 0 Å². The maximum Gasteiger partial charge on any atom is 0.407 e. The third-order valence-electron chi connectivity index (χ3n) is 3.54. The molecule has 0 saturated carbocycles. The number of guanidine groups is 1. The van der Waals surface area contributed by atoms with Gasteiger partial charge in [-0.05, 0) is 51.8 Å². The Labute approximate surface area is 160 Å². The van der Waals surface area contributed by atoms with Crippen molar-refractivity contribution in [3.05, 3.63) is 23.8 Å². The normalized spacial score (nSPS) is 13.3. The topological polar surface area (TPSA) is 93.2 Å². The summed E-state index contributed by atoms with van der Waals surface area (Å²) in [5, 5.41) is 9.09. The quantitative estimate of drug-likeness (QED) is 0.382. The van der Waals surface area contributed by atoms with E-state index in [1.807, 2.05) is 45.9 Å². The van der Waals surface area contributed by atoms with E-state index in [-0.39, 0.29) is 6.79 Å². The molecule has 1 aromatic rings. The minimum Gasteiger partial charge on any atom is -0.454 e. The van der Waals surface area contributed by atoms with Gasteiger partial charge in [0.05, 0.1) is 0 Å². The molecule has 0 fully saturated rings. The lowest BCUT2D eigenvalue weighted by Crippen LogP contribution is -2.42. The number of hydrogen-bond donors (Lipinski definition) is 3. The van der Waals surface area contributed by atoms with Crippen LogP contribution in [0.5, 0.6) is 11.5 Å². The summed E-state index contributed by atoms with van der Waals surface area (Å²) in [6.07, 6.45) is 0.373. The molecule has 8 nitrogen and oxygen atoms in total. The van der Waals surface area contributed by atoms with Crippen molar-refractivity contribution < 1.29 is 19.0 Å². The molecule has 150 valence electrons. The lowest BCUT2D eigenvalue weighted by Gasteiger charge is -2.19. The van der Waals surface area contributed by atoms with Crippen LogP contribution in [0.1, 0.15) is 33.3 Å². The Bertz CT molecular complexity index is 656. The van der Waals surface area contributed by atoms with Gasteiger partial charge in [-0.2, -0.15) is 0 Å². The number of hydrogen-bond acceptors (Lipinski definition) is 5. The first-order chi connectivity index (χ1) is 12.9. The molecule has 0 aromatic heterocycles. The number of amides is 1. The van der Waals surface area contributed by atoms with Crippen molar-refractivity contribution in [3.63, 3.8) is 0 Å². The van der Waals surface area contributed by atoms with E-state index in [2.05, 4.69) is 20.9 Å². The fourth-order valence-corrected chi connectivity index (χ4v) is 2.39. The Morgan fingerprint density at radius 3 is 2.63 bits per heavy atom. The minimum absolute atomic E-state index is 0.281. The van der Waals surface area contributed by atoms with Crippen molar-refractivity contribution in [2.45, 2.75) is 39.7 Å². The Kier molecular flexibility index (Phi) is 7.57. The summed E-state index contributed by atoms with van der Waals surface area (Å²) in [7, 11) is 0. The van der Waals surface area contributed by atoms with Crippen LogP contribution < -0.4 is 25.4 Å². The summed E-state index contributed by atoms with van der Waals surface area (Å²) in [6.45, 7) is 10.2. The Morgan fingerprint density at radius 1 is 1.15 bits per heavy atom. The Morgan fingerprint density at radius 2 is 1.89 bits per heavy atom. The van der Waals surface area contributed by atoms with Gasteiger partial charge in [-0.25, -0.2) is 4.79 Å². The molecule has 1 aliphatic rings. The van der Waals surface area contributed by atoms with E-state index in [0.717, 1.165) is 30.0 Å². The van der Waals surface area contributed by atoms with Crippen LogP contribution in [-0.2, 0) is 11.2 Å². The second-order valence-corrected chi connectivity index (χ2v) is 7.05. The largest absolute Gasteiger partial charge is 0.454 e. The van der Waals surface area contributed by atoms with Crippen LogP contribution in [0.3, 0.4) is 0 Å². The van der Waals surface area contributed by atoms with Crippen LogP contribution in [0, 0.1) is 0 Å². The zero-order valence-electron chi connectivity index (χ0n) is 16.6. The van der Waals surface area contributed by atoms with E-state index in [4.69, 9.17) is 14.2 Å². The van der Waals surface area contributed by atoms with Gasteiger partial charge in [0, 0.05) is 26.2 Å². The number of ether oxygens (including phenoxy) is 3. The molecule has 2 rings (SSSR count). The summed E-state index contributed by atoms with van der Waals surface area (Å²) < 4.78 is 15.9. The van der Waals surface area contributed by atoms with E-state index in [9.17, 15) is 4.79 Å². The molecule has 0 bridgehead atoms. The summed E-state index contributed by atoms with van der Waals surface area (Å²) in [6, 6.07) is 5.93. The van der Waals surface area contributed by atoms with Gasteiger partial charge >= 0.3 is 6.09 Å². The molecular weight excluding hydrogens is 348 g/mol. The van der Waals surface area contributed by atoms with E-state index in [1.165, 1.54) is 0 Å². The minimum atomic E-state index is -0.497. The molecule has 8 heteroatoms. The molecule has 3 N–H and O–H groups in total. The molecule has 1 aromatic carbocycles. The lowest BCUT2D eigenvalue weighted by molar-refractivity contribution is 0.0529. The molecule has 1 amide bonds. The zero-order valence-corrected chi connectivity index (χ0v) is 16.6. The summed E-state index contributed by atoms with van der Waals surface area (Å²) in [4.78, 5) is 16.2. The molecule has 1 aliphatic heterocycles. The predicted molar refractivity (Wildman–Crippen MR) is 104 cm³/mol. The molecule has 0 unspecified atom stereocenters. The van der Waals surface area contributed by atoms with Crippen molar-refractivity contribution in [2.75, 3.05) is 33.0 Å². The first kappa shape index (κ1) is 20.7. The molecule has 27 heavy (non-hydrogen) atoms. The van der Waals surface area contributed by atoms with Gasteiger partial charge in [0.2, 0.25) is 6.79 Å². The van der Waals surface area contributed by atoms with E-state index in [0.29, 0.717) is 25.6 Å². The van der Waals surface area contributed by atoms with Gasteiger partial charge in [0.1, 0.15) is 5.60 Å². The highest BCUT2D eigenvalue weighted by atomic mass is 16.7. The molecule has 0 spiro atoms. The standard InChI is InChI=1S/C19H30N4O4/c1-5-20-17(22-10-11-23-18(24)27-19(2,3)4)21-9-8-14-6-7-15-16(12-14)26-13-25-15/h6-7,12H,5,8-11,13H2,1-4H3,(H,23,24)(H2,20,21,22). The first-order valence-electron chi connectivity index (χ1n) is 9.25. The van der Waals surface area contributed by atoms with Gasteiger partial charge in [0.25, 0.3) is 0 Å². The third-order valence-corrected chi connectivity index (χ3v) is 3.54. The number of alkyl carbamates (subject to hydrolysis) is 1. The fraction of sp³-hybridized carbons (Fsp3) is 0.579. The van der Waals surface area contributed by atoms with Gasteiger partial charge in [-0.1, -0.05) is 6.07 Å². The second-order valence-electron chi connectivity index (χ2n) is 7.05. The highest BCUT2D eigenvalue weighted by molar-refractivity contribution is 5.79. The number of fused-ring (bicyclic) bond motifs is 1. The molecule has 1 heterocycles. The van der Waals surface area contributed by atoms with Crippen LogP contribution in [0.2, 0.25) is 0 Å². The number of nitrogens with zero attached hydrogens (tertiary/aromatic N) is 1. The van der Waals surface area contributed by atoms with Crippen LogP contribution in [0.15, 0.2) is 23.2 Å². The van der Waals surface area contributed by atoms with E-state index < -0.39 is 11.7 Å². The summed E-state index contributed by atoms with van der Waals surface area (Å²) in [5.41, 5.74) is 0.647. The SMILES string of the molecule is CCNC(=NCCc1ccc2c(c1)OCO2)NCCNC(=O)OC(C)(C)C. The monoisotopic (exact) mass is 378 g/mol.